The van der Waals surface area contributed by atoms with E-state index < -0.39 is 0 Å². The van der Waals surface area contributed by atoms with Gasteiger partial charge in [0.15, 0.2) is 0 Å². The number of hydrogen-bond acceptors (Lipinski definition) is 4. The molecule has 0 unspecified atom stereocenters. The average Bonchev–Trinajstić information content (AvgIpc) is 3.12. The normalized spacial score (nSPS) is 14.2. The number of para-hydroxylation sites is 1. The van der Waals surface area contributed by atoms with Crippen molar-refractivity contribution in [1.29, 1.82) is 0 Å². The Morgan fingerprint density at radius 3 is 2.39 bits per heavy atom. The van der Waals surface area contributed by atoms with E-state index in [0.29, 0.717) is 12.2 Å². The van der Waals surface area contributed by atoms with Crippen molar-refractivity contribution in [2.45, 2.75) is 6.42 Å². The average molecular weight is 414 g/mol. The van der Waals surface area contributed by atoms with Crippen LogP contribution in [0.15, 0.2) is 78.9 Å². The SMILES string of the molecule is CN(C)CCCOc1ccc(NC(=C2C(=O)Nc3ccccc32)c2ccccc2)cc1. The highest BCUT2D eigenvalue weighted by molar-refractivity contribution is 6.37. The van der Waals surface area contributed by atoms with Gasteiger partial charge in [0.2, 0.25) is 0 Å². The van der Waals surface area contributed by atoms with Gasteiger partial charge in [-0.2, -0.15) is 0 Å². The zero-order valence-electron chi connectivity index (χ0n) is 17.9. The second-order valence-electron chi connectivity index (χ2n) is 7.77. The molecule has 0 saturated heterocycles. The molecule has 1 aliphatic heterocycles. The van der Waals surface area contributed by atoms with Crippen LogP contribution in [0.5, 0.6) is 5.75 Å². The highest BCUT2D eigenvalue weighted by Crippen LogP contribution is 2.37. The van der Waals surface area contributed by atoms with E-state index in [2.05, 4.69) is 29.6 Å². The molecule has 0 bridgehead atoms. The largest absolute Gasteiger partial charge is 0.494 e. The minimum absolute atomic E-state index is 0.103. The molecule has 1 aliphatic rings. The molecule has 0 radical (unpaired) electrons. The highest BCUT2D eigenvalue weighted by Gasteiger charge is 2.27. The Bertz CT molecular complexity index is 1070. The van der Waals surface area contributed by atoms with Gasteiger partial charge in [-0.25, -0.2) is 0 Å². The maximum atomic E-state index is 12.9. The first kappa shape index (κ1) is 20.7. The second kappa shape index (κ2) is 9.49. The Kier molecular flexibility index (Phi) is 6.34. The van der Waals surface area contributed by atoms with Crippen LogP contribution in [0.1, 0.15) is 17.5 Å². The van der Waals surface area contributed by atoms with Crippen molar-refractivity contribution in [1.82, 2.24) is 4.90 Å². The van der Waals surface area contributed by atoms with Crippen molar-refractivity contribution in [3.8, 4) is 5.75 Å². The second-order valence-corrected chi connectivity index (χ2v) is 7.77. The molecule has 1 amide bonds. The summed E-state index contributed by atoms with van der Waals surface area (Å²) in [7, 11) is 4.12. The molecule has 0 aliphatic carbocycles. The third-order valence-electron chi connectivity index (χ3n) is 5.13. The predicted molar refractivity (Wildman–Crippen MR) is 127 cm³/mol. The molecule has 0 saturated carbocycles. The minimum Gasteiger partial charge on any atom is -0.494 e. The molecule has 0 spiro atoms. The van der Waals surface area contributed by atoms with Crippen LogP contribution in [0.2, 0.25) is 0 Å². The molecule has 2 N–H and O–H groups in total. The molecule has 0 fully saturated rings. The molecule has 5 heteroatoms. The van der Waals surface area contributed by atoms with Gasteiger partial charge in [-0.3, -0.25) is 4.79 Å². The van der Waals surface area contributed by atoms with Crippen LogP contribution in [0.25, 0.3) is 11.3 Å². The van der Waals surface area contributed by atoms with E-state index in [4.69, 9.17) is 4.74 Å². The number of rotatable bonds is 8. The Hall–Kier alpha value is -3.57. The maximum absolute atomic E-state index is 12.9. The van der Waals surface area contributed by atoms with E-state index in [1.807, 2.05) is 78.9 Å². The topological polar surface area (TPSA) is 53.6 Å². The van der Waals surface area contributed by atoms with Crippen LogP contribution in [-0.4, -0.2) is 38.1 Å². The number of fused-ring (bicyclic) bond motifs is 1. The number of carbonyl (C=O) groups excluding carboxylic acids is 1. The molecule has 158 valence electrons. The number of anilines is 2. The van der Waals surface area contributed by atoms with Crippen molar-refractivity contribution >= 4 is 28.6 Å². The number of benzene rings is 3. The molecule has 0 atom stereocenters. The van der Waals surface area contributed by atoms with E-state index in [9.17, 15) is 4.79 Å². The molecular formula is C26H27N3O2. The van der Waals surface area contributed by atoms with Gasteiger partial charge in [-0.05, 0) is 56.4 Å². The van der Waals surface area contributed by atoms with Crippen LogP contribution < -0.4 is 15.4 Å². The van der Waals surface area contributed by atoms with Gasteiger partial charge < -0.3 is 20.3 Å². The zero-order chi connectivity index (χ0) is 21.6. The molecule has 31 heavy (non-hydrogen) atoms. The molecule has 1 heterocycles. The number of amides is 1. The molecular weight excluding hydrogens is 386 g/mol. The number of nitrogens with one attached hydrogen (secondary N) is 2. The van der Waals surface area contributed by atoms with Gasteiger partial charge in [0, 0.05) is 23.5 Å². The van der Waals surface area contributed by atoms with E-state index in [1.165, 1.54) is 0 Å². The van der Waals surface area contributed by atoms with Gasteiger partial charge in [0.05, 0.1) is 17.9 Å². The van der Waals surface area contributed by atoms with Crippen molar-refractivity contribution in [2.75, 3.05) is 37.9 Å². The molecule has 0 aromatic heterocycles. The highest BCUT2D eigenvalue weighted by atomic mass is 16.5. The Labute approximate surface area is 183 Å². The summed E-state index contributed by atoms with van der Waals surface area (Å²) in [5.41, 5.74) is 5.00. The van der Waals surface area contributed by atoms with Crippen molar-refractivity contribution in [3.63, 3.8) is 0 Å². The Balaban J connectivity index is 1.60. The first-order valence-electron chi connectivity index (χ1n) is 10.5. The monoisotopic (exact) mass is 413 g/mol. The third kappa shape index (κ3) is 4.95. The molecule has 4 rings (SSSR count). The lowest BCUT2D eigenvalue weighted by Gasteiger charge is -2.15. The van der Waals surface area contributed by atoms with Crippen LogP contribution in [0.3, 0.4) is 0 Å². The van der Waals surface area contributed by atoms with Gasteiger partial charge in [-0.1, -0.05) is 48.5 Å². The Morgan fingerprint density at radius 2 is 1.65 bits per heavy atom. The van der Waals surface area contributed by atoms with E-state index >= 15 is 0 Å². The molecule has 3 aromatic rings. The number of hydrogen-bond donors (Lipinski definition) is 2. The summed E-state index contributed by atoms with van der Waals surface area (Å²) in [6.07, 6.45) is 0.978. The lowest BCUT2D eigenvalue weighted by molar-refractivity contribution is -0.110. The number of nitrogens with zero attached hydrogens (tertiary/aromatic N) is 1. The van der Waals surface area contributed by atoms with Crippen molar-refractivity contribution < 1.29 is 9.53 Å². The molecule has 3 aromatic carbocycles. The summed E-state index contributed by atoms with van der Waals surface area (Å²) in [4.78, 5) is 15.0. The number of carbonyl (C=O) groups is 1. The summed E-state index contributed by atoms with van der Waals surface area (Å²) in [5, 5.41) is 6.44. The van der Waals surface area contributed by atoms with Gasteiger partial charge in [-0.15, -0.1) is 0 Å². The number of ether oxygens (including phenoxy) is 1. The van der Waals surface area contributed by atoms with Crippen molar-refractivity contribution in [2.24, 2.45) is 0 Å². The lowest BCUT2D eigenvalue weighted by atomic mass is 10.00. The van der Waals surface area contributed by atoms with E-state index in [1.54, 1.807) is 0 Å². The lowest BCUT2D eigenvalue weighted by Crippen LogP contribution is -2.15. The summed E-state index contributed by atoms with van der Waals surface area (Å²) >= 11 is 0. The van der Waals surface area contributed by atoms with Gasteiger partial charge in [0.1, 0.15) is 5.75 Å². The minimum atomic E-state index is -0.103. The van der Waals surface area contributed by atoms with Crippen LogP contribution in [0, 0.1) is 0 Å². The molecule has 5 nitrogen and oxygen atoms in total. The fraction of sp³-hybridized carbons (Fsp3) is 0.192. The summed E-state index contributed by atoms with van der Waals surface area (Å²) in [5.74, 6) is 0.732. The van der Waals surface area contributed by atoms with E-state index in [-0.39, 0.29) is 5.91 Å². The first-order valence-corrected chi connectivity index (χ1v) is 10.5. The maximum Gasteiger partial charge on any atom is 0.258 e. The van der Waals surface area contributed by atoms with Crippen LogP contribution >= 0.6 is 0 Å². The first-order chi connectivity index (χ1) is 15.1. The predicted octanol–water partition coefficient (Wildman–Crippen LogP) is 4.95. The quantitative estimate of drug-likeness (QED) is 0.405. The zero-order valence-corrected chi connectivity index (χ0v) is 17.9. The van der Waals surface area contributed by atoms with Gasteiger partial charge >= 0.3 is 0 Å². The summed E-state index contributed by atoms with van der Waals surface area (Å²) < 4.78 is 5.83. The summed E-state index contributed by atoms with van der Waals surface area (Å²) in [6.45, 7) is 1.68. The van der Waals surface area contributed by atoms with Gasteiger partial charge in [0.25, 0.3) is 5.91 Å². The van der Waals surface area contributed by atoms with Crippen molar-refractivity contribution in [3.05, 3.63) is 90.0 Å². The summed E-state index contributed by atoms with van der Waals surface area (Å²) in [6, 6.07) is 25.5. The fourth-order valence-electron chi connectivity index (χ4n) is 3.60. The third-order valence-corrected chi connectivity index (χ3v) is 5.13. The smallest absolute Gasteiger partial charge is 0.258 e. The van der Waals surface area contributed by atoms with E-state index in [0.717, 1.165) is 46.9 Å². The standard InChI is InChI=1S/C26H27N3O2/c1-29(2)17-8-18-31-21-15-13-20(14-16-21)27-25(19-9-4-3-5-10-19)24-22-11-6-7-12-23(22)28-26(24)30/h3-7,9-16,27H,8,17-18H2,1-2H3,(H,28,30). The van der Waals surface area contributed by atoms with Crippen LogP contribution in [-0.2, 0) is 4.79 Å². The fourth-order valence-corrected chi connectivity index (χ4v) is 3.60. The Morgan fingerprint density at radius 1 is 0.935 bits per heavy atom. The van der Waals surface area contributed by atoms with Crippen LogP contribution in [0.4, 0.5) is 11.4 Å².